The van der Waals surface area contributed by atoms with Gasteiger partial charge in [0.05, 0.1) is 11.6 Å². The maximum absolute atomic E-state index is 13.8. The van der Waals surface area contributed by atoms with Gasteiger partial charge in [-0.15, -0.1) is 0 Å². The van der Waals surface area contributed by atoms with E-state index >= 15 is 0 Å². The zero-order chi connectivity index (χ0) is 19.4. The molecule has 27 heavy (non-hydrogen) atoms. The monoisotopic (exact) mass is 373 g/mol. The Hall–Kier alpha value is -3.02. The second kappa shape index (κ2) is 8.12. The minimum absolute atomic E-state index is 0.151. The highest BCUT2D eigenvalue weighted by Gasteiger charge is 2.14. The van der Waals surface area contributed by atoms with Crippen LogP contribution in [0.25, 0.3) is 11.3 Å². The number of carbonyl (C=O) groups is 1. The van der Waals surface area contributed by atoms with Crippen LogP contribution in [0.4, 0.5) is 13.2 Å². The summed E-state index contributed by atoms with van der Waals surface area (Å²) in [6, 6.07) is 12.7. The lowest BCUT2D eigenvalue weighted by molar-refractivity contribution is -0.121. The Morgan fingerprint density at radius 1 is 1.00 bits per heavy atom. The third-order valence-corrected chi connectivity index (χ3v) is 4.22. The van der Waals surface area contributed by atoms with Crippen molar-refractivity contribution in [3.8, 4) is 11.3 Å². The van der Waals surface area contributed by atoms with E-state index in [0.29, 0.717) is 29.1 Å². The highest BCUT2D eigenvalue weighted by molar-refractivity contribution is 5.76. The Labute approximate surface area is 154 Å². The van der Waals surface area contributed by atoms with Gasteiger partial charge in [0.25, 0.3) is 0 Å². The number of halogens is 3. The van der Waals surface area contributed by atoms with E-state index < -0.39 is 17.7 Å². The molecule has 3 rings (SSSR count). The van der Waals surface area contributed by atoms with Gasteiger partial charge in [-0.25, -0.2) is 13.2 Å². The number of nitrogens with one attached hydrogen (secondary N) is 1. The number of carbonyl (C=O) groups excluding carboxylic acids is 1. The molecule has 2 aromatic carbocycles. The van der Waals surface area contributed by atoms with Crippen molar-refractivity contribution in [2.45, 2.75) is 25.8 Å². The van der Waals surface area contributed by atoms with E-state index in [1.165, 1.54) is 12.1 Å². The molecule has 1 N–H and O–H groups in total. The molecule has 0 radical (unpaired) electrons. The Kier molecular flexibility index (Phi) is 5.64. The van der Waals surface area contributed by atoms with E-state index in [0.717, 1.165) is 12.1 Å². The Balaban J connectivity index is 1.56. The van der Waals surface area contributed by atoms with E-state index in [1.807, 2.05) is 0 Å². The molecule has 1 aromatic heterocycles. The fourth-order valence-corrected chi connectivity index (χ4v) is 2.73. The molecule has 0 spiro atoms. The second-order valence-electron chi connectivity index (χ2n) is 6.21. The van der Waals surface area contributed by atoms with Gasteiger partial charge < -0.3 is 9.73 Å². The molecule has 1 atom stereocenters. The summed E-state index contributed by atoms with van der Waals surface area (Å²) in [4.78, 5) is 12.1. The molecule has 3 nitrogen and oxygen atoms in total. The van der Waals surface area contributed by atoms with Crippen LogP contribution in [0.5, 0.6) is 0 Å². The smallest absolute Gasteiger partial charge is 0.220 e. The lowest BCUT2D eigenvalue weighted by atomic mass is 10.1. The van der Waals surface area contributed by atoms with E-state index in [9.17, 15) is 18.0 Å². The van der Waals surface area contributed by atoms with Crippen LogP contribution in [-0.2, 0) is 11.2 Å². The van der Waals surface area contributed by atoms with Crippen LogP contribution in [0.2, 0.25) is 0 Å². The molecular formula is C21H18F3NO2. The highest BCUT2D eigenvalue weighted by Crippen LogP contribution is 2.25. The molecule has 6 heteroatoms. The maximum atomic E-state index is 13.8. The summed E-state index contributed by atoms with van der Waals surface area (Å²) in [5, 5.41) is 2.73. The minimum Gasteiger partial charge on any atom is -0.461 e. The van der Waals surface area contributed by atoms with Gasteiger partial charge in [-0.1, -0.05) is 18.2 Å². The van der Waals surface area contributed by atoms with Crippen molar-refractivity contribution in [3.63, 3.8) is 0 Å². The second-order valence-corrected chi connectivity index (χ2v) is 6.21. The lowest BCUT2D eigenvalue weighted by Crippen LogP contribution is -2.26. The van der Waals surface area contributed by atoms with E-state index in [1.54, 1.807) is 37.3 Å². The van der Waals surface area contributed by atoms with Gasteiger partial charge >= 0.3 is 0 Å². The van der Waals surface area contributed by atoms with Crippen molar-refractivity contribution in [2.75, 3.05) is 0 Å². The largest absolute Gasteiger partial charge is 0.461 e. The average molecular weight is 373 g/mol. The van der Waals surface area contributed by atoms with Crippen molar-refractivity contribution in [1.82, 2.24) is 5.32 Å². The minimum atomic E-state index is -0.954. The van der Waals surface area contributed by atoms with Crippen LogP contribution in [0.1, 0.15) is 30.7 Å². The highest BCUT2D eigenvalue weighted by atomic mass is 19.2. The van der Waals surface area contributed by atoms with Crippen molar-refractivity contribution in [3.05, 3.63) is 83.4 Å². The first kappa shape index (κ1) is 18.8. The molecule has 0 aliphatic heterocycles. The zero-order valence-electron chi connectivity index (χ0n) is 14.6. The Morgan fingerprint density at radius 2 is 1.78 bits per heavy atom. The first-order chi connectivity index (χ1) is 12.9. The van der Waals surface area contributed by atoms with Gasteiger partial charge in [-0.2, -0.15) is 0 Å². The number of hydrogen-bond acceptors (Lipinski definition) is 2. The molecule has 0 unspecified atom stereocenters. The fraction of sp³-hybridized carbons (Fsp3) is 0.190. The predicted octanol–water partition coefficient (Wildman–Crippen LogP) is 5.17. The van der Waals surface area contributed by atoms with Crippen LogP contribution in [0.3, 0.4) is 0 Å². The predicted molar refractivity (Wildman–Crippen MR) is 95.3 cm³/mol. The van der Waals surface area contributed by atoms with Crippen LogP contribution < -0.4 is 5.32 Å². The first-order valence-corrected chi connectivity index (χ1v) is 8.52. The van der Waals surface area contributed by atoms with Crippen LogP contribution in [-0.4, -0.2) is 5.91 Å². The molecule has 0 fully saturated rings. The van der Waals surface area contributed by atoms with Gasteiger partial charge in [0.1, 0.15) is 17.3 Å². The molecule has 0 saturated heterocycles. The zero-order valence-corrected chi connectivity index (χ0v) is 14.6. The van der Waals surface area contributed by atoms with Crippen molar-refractivity contribution >= 4 is 5.91 Å². The van der Waals surface area contributed by atoms with Crippen LogP contribution in [0, 0.1) is 17.5 Å². The number of benzene rings is 2. The third-order valence-electron chi connectivity index (χ3n) is 4.22. The molecule has 1 heterocycles. The van der Waals surface area contributed by atoms with Crippen molar-refractivity contribution in [1.29, 1.82) is 0 Å². The van der Waals surface area contributed by atoms with Gasteiger partial charge in [0.15, 0.2) is 11.6 Å². The van der Waals surface area contributed by atoms with Crippen molar-refractivity contribution < 1.29 is 22.4 Å². The summed E-state index contributed by atoms with van der Waals surface area (Å²) in [6.45, 7) is 1.69. The Bertz CT molecular complexity index is 952. The molecule has 1 amide bonds. The molecule has 3 aromatic rings. The molecule has 0 bridgehead atoms. The number of amides is 1. The first-order valence-electron chi connectivity index (χ1n) is 8.52. The van der Waals surface area contributed by atoms with Gasteiger partial charge in [0, 0.05) is 12.8 Å². The quantitative estimate of drug-likeness (QED) is 0.647. The van der Waals surface area contributed by atoms with Crippen LogP contribution >= 0.6 is 0 Å². The van der Waals surface area contributed by atoms with E-state index in [4.69, 9.17) is 4.42 Å². The number of rotatable bonds is 6. The molecule has 0 aliphatic rings. The number of hydrogen-bond donors (Lipinski definition) is 1. The third kappa shape index (κ3) is 4.58. The molecule has 0 saturated carbocycles. The standard InChI is InChI=1S/C21H18F3NO2/c1-13(14-6-9-18(23)19(24)12-14)25-21(26)11-8-15-7-10-20(27-15)16-4-2-3-5-17(16)22/h2-7,9-10,12-13H,8,11H2,1H3,(H,25,26)/t13-/m0/s1. The summed E-state index contributed by atoms with van der Waals surface area (Å²) < 4.78 is 45.7. The average Bonchev–Trinajstić information content (AvgIpc) is 3.11. The molecule has 140 valence electrons. The lowest BCUT2D eigenvalue weighted by Gasteiger charge is -2.14. The summed E-state index contributed by atoms with van der Waals surface area (Å²) in [6.07, 6.45) is 0.489. The summed E-state index contributed by atoms with van der Waals surface area (Å²) in [5.74, 6) is -1.55. The van der Waals surface area contributed by atoms with E-state index in [-0.39, 0.29) is 18.1 Å². The normalized spacial score (nSPS) is 12.0. The summed E-state index contributed by atoms with van der Waals surface area (Å²) in [7, 11) is 0. The van der Waals surface area contributed by atoms with Gasteiger partial charge in [-0.3, -0.25) is 4.79 Å². The molecule has 0 aliphatic carbocycles. The number of aryl methyl sites for hydroxylation is 1. The van der Waals surface area contributed by atoms with Crippen molar-refractivity contribution in [2.24, 2.45) is 0 Å². The summed E-state index contributed by atoms with van der Waals surface area (Å²) in [5.41, 5.74) is 0.835. The Morgan fingerprint density at radius 3 is 2.52 bits per heavy atom. The summed E-state index contributed by atoms with van der Waals surface area (Å²) >= 11 is 0. The number of furan rings is 1. The van der Waals surface area contributed by atoms with E-state index in [2.05, 4.69) is 5.32 Å². The SMILES string of the molecule is C[C@H](NC(=O)CCc1ccc(-c2ccccc2F)o1)c1ccc(F)c(F)c1. The van der Waals surface area contributed by atoms with Crippen LogP contribution in [0.15, 0.2) is 59.0 Å². The fourth-order valence-electron chi connectivity index (χ4n) is 2.73. The molecular weight excluding hydrogens is 355 g/mol. The maximum Gasteiger partial charge on any atom is 0.220 e. The van der Waals surface area contributed by atoms with Gasteiger partial charge in [0.2, 0.25) is 5.91 Å². The van der Waals surface area contributed by atoms with Gasteiger partial charge in [-0.05, 0) is 48.9 Å². The topological polar surface area (TPSA) is 42.2 Å².